The van der Waals surface area contributed by atoms with Crippen LogP contribution >= 0.6 is 11.6 Å². The smallest absolute Gasteiger partial charge is 0.207 e. The summed E-state index contributed by atoms with van der Waals surface area (Å²) in [6.45, 7) is 1.95. The Balaban J connectivity index is 2.32. The molecule has 1 aliphatic carbocycles. The van der Waals surface area contributed by atoms with Gasteiger partial charge in [-0.05, 0) is 37.8 Å². The van der Waals surface area contributed by atoms with Crippen LogP contribution in [0.3, 0.4) is 0 Å². The van der Waals surface area contributed by atoms with Crippen molar-refractivity contribution in [2.24, 2.45) is 5.92 Å². The highest BCUT2D eigenvalue weighted by atomic mass is 35.5. The Hall–Kier alpha value is -0.580. The highest BCUT2D eigenvalue weighted by molar-refractivity contribution is 7.89. The summed E-state index contributed by atoms with van der Waals surface area (Å²) in [4.78, 5) is 0.191. The van der Waals surface area contributed by atoms with Crippen molar-refractivity contribution in [3.63, 3.8) is 0 Å². The number of rotatable bonds is 4. The molecule has 1 atom stereocenters. The predicted molar refractivity (Wildman–Crippen MR) is 68.6 cm³/mol. The van der Waals surface area contributed by atoms with E-state index < -0.39 is 10.0 Å². The minimum absolute atomic E-state index is 0.0382. The van der Waals surface area contributed by atoms with Crippen LogP contribution in [0.1, 0.15) is 19.8 Å². The van der Waals surface area contributed by atoms with Gasteiger partial charge in [0.05, 0.1) is 5.02 Å². The molecule has 1 unspecified atom stereocenters. The van der Waals surface area contributed by atoms with Crippen LogP contribution in [0.5, 0.6) is 0 Å². The fourth-order valence-corrected chi connectivity index (χ4v) is 3.82. The minimum atomic E-state index is -3.47. The molecule has 3 nitrogen and oxygen atoms in total. The molecule has 5 heteroatoms. The van der Waals surface area contributed by atoms with Crippen molar-refractivity contribution in [3.05, 3.63) is 29.3 Å². The third-order valence-electron chi connectivity index (χ3n) is 3.37. The van der Waals surface area contributed by atoms with E-state index in [4.69, 9.17) is 11.6 Å². The van der Waals surface area contributed by atoms with E-state index in [1.54, 1.807) is 31.3 Å². The van der Waals surface area contributed by atoms with Crippen molar-refractivity contribution in [2.75, 3.05) is 7.05 Å². The van der Waals surface area contributed by atoms with Crippen molar-refractivity contribution < 1.29 is 8.42 Å². The molecule has 2 rings (SSSR count). The van der Waals surface area contributed by atoms with Crippen molar-refractivity contribution >= 4 is 21.6 Å². The lowest BCUT2D eigenvalue weighted by Crippen LogP contribution is -2.36. The number of hydrogen-bond acceptors (Lipinski definition) is 2. The predicted octanol–water partition coefficient (Wildman–Crippen LogP) is 2.76. The van der Waals surface area contributed by atoms with E-state index in [1.807, 2.05) is 6.92 Å². The normalized spacial score (nSPS) is 18.4. The van der Waals surface area contributed by atoms with Gasteiger partial charge in [-0.1, -0.05) is 23.7 Å². The van der Waals surface area contributed by atoms with E-state index in [0.717, 1.165) is 12.8 Å². The topological polar surface area (TPSA) is 37.4 Å². The van der Waals surface area contributed by atoms with Gasteiger partial charge in [0.15, 0.2) is 0 Å². The maximum absolute atomic E-state index is 12.4. The first-order valence-electron chi connectivity index (χ1n) is 5.67. The van der Waals surface area contributed by atoms with E-state index in [2.05, 4.69) is 0 Å². The monoisotopic (exact) mass is 273 g/mol. The fraction of sp³-hybridized carbons (Fsp3) is 0.500. The lowest BCUT2D eigenvalue weighted by molar-refractivity contribution is 0.357. The van der Waals surface area contributed by atoms with Crippen LogP contribution in [0.4, 0.5) is 0 Å². The molecule has 0 aromatic heterocycles. The van der Waals surface area contributed by atoms with E-state index in [1.165, 1.54) is 4.31 Å². The molecule has 1 aromatic carbocycles. The van der Waals surface area contributed by atoms with Gasteiger partial charge in [0.2, 0.25) is 10.0 Å². The molecule has 1 aromatic rings. The first-order chi connectivity index (χ1) is 7.94. The van der Waals surface area contributed by atoms with Crippen LogP contribution in [-0.2, 0) is 10.0 Å². The standard InChI is InChI=1S/C12H16ClNO2S/c1-9(10-7-8-10)14(2)17(15,16)12-6-4-3-5-11(12)13/h3-6,9-10H,7-8H2,1-2H3. The van der Waals surface area contributed by atoms with Crippen LogP contribution in [0.25, 0.3) is 0 Å². The zero-order chi connectivity index (χ0) is 12.6. The molecule has 94 valence electrons. The van der Waals surface area contributed by atoms with Crippen LogP contribution in [-0.4, -0.2) is 25.8 Å². The van der Waals surface area contributed by atoms with Gasteiger partial charge in [0.25, 0.3) is 0 Å². The zero-order valence-corrected chi connectivity index (χ0v) is 11.5. The first kappa shape index (κ1) is 12.9. The van der Waals surface area contributed by atoms with Crippen LogP contribution < -0.4 is 0 Å². The van der Waals surface area contributed by atoms with Gasteiger partial charge in [-0.3, -0.25) is 0 Å². The van der Waals surface area contributed by atoms with Crippen LogP contribution in [0, 0.1) is 5.92 Å². The molecular formula is C12H16ClNO2S. The van der Waals surface area contributed by atoms with Gasteiger partial charge in [0, 0.05) is 13.1 Å². The average Bonchev–Trinajstić information content (AvgIpc) is 3.11. The van der Waals surface area contributed by atoms with E-state index >= 15 is 0 Å². The SMILES string of the molecule is CC(C1CC1)N(C)S(=O)(=O)c1ccccc1Cl. The molecule has 0 saturated heterocycles. The fourth-order valence-electron chi connectivity index (χ4n) is 1.90. The van der Waals surface area contributed by atoms with Crippen LogP contribution in [0.2, 0.25) is 5.02 Å². The van der Waals surface area contributed by atoms with E-state index in [0.29, 0.717) is 5.92 Å². The van der Waals surface area contributed by atoms with Gasteiger partial charge in [-0.2, -0.15) is 4.31 Å². The summed E-state index contributed by atoms with van der Waals surface area (Å²) in [6, 6.07) is 6.61. The van der Waals surface area contributed by atoms with Gasteiger partial charge < -0.3 is 0 Å². The Bertz CT molecular complexity index is 511. The number of benzene rings is 1. The highest BCUT2D eigenvalue weighted by Gasteiger charge is 2.36. The Morgan fingerprint density at radius 3 is 2.47 bits per heavy atom. The molecule has 0 amide bonds. The summed E-state index contributed by atoms with van der Waals surface area (Å²) in [5, 5.41) is 0.280. The van der Waals surface area contributed by atoms with E-state index in [-0.39, 0.29) is 16.0 Å². The summed E-state index contributed by atoms with van der Waals surface area (Å²) < 4.78 is 26.2. The number of sulfonamides is 1. The molecule has 0 spiro atoms. The second-order valence-electron chi connectivity index (χ2n) is 4.53. The summed E-state index contributed by atoms with van der Waals surface area (Å²) in [5.74, 6) is 0.497. The summed E-state index contributed by atoms with van der Waals surface area (Å²) in [6.07, 6.45) is 2.23. The minimum Gasteiger partial charge on any atom is -0.207 e. The molecule has 0 aliphatic heterocycles. The number of hydrogen-bond donors (Lipinski definition) is 0. The molecule has 0 radical (unpaired) electrons. The molecule has 0 bridgehead atoms. The average molecular weight is 274 g/mol. The first-order valence-corrected chi connectivity index (χ1v) is 7.49. The Kier molecular flexibility index (Phi) is 3.48. The van der Waals surface area contributed by atoms with Crippen molar-refractivity contribution in [1.29, 1.82) is 0 Å². The highest BCUT2D eigenvalue weighted by Crippen LogP contribution is 2.37. The third-order valence-corrected chi connectivity index (χ3v) is 5.82. The van der Waals surface area contributed by atoms with Crippen molar-refractivity contribution in [3.8, 4) is 0 Å². The molecule has 0 heterocycles. The van der Waals surface area contributed by atoms with Gasteiger partial charge in [-0.15, -0.1) is 0 Å². The molecular weight excluding hydrogens is 258 g/mol. The lowest BCUT2D eigenvalue weighted by Gasteiger charge is -2.24. The molecule has 1 saturated carbocycles. The van der Waals surface area contributed by atoms with E-state index in [9.17, 15) is 8.42 Å². The van der Waals surface area contributed by atoms with Crippen molar-refractivity contribution in [1.82, 2.24) is 4.31 Å². The third kappa shape index (κ3) is 2.49. The quantitative estimate of drug-likeness (QED) is 0.846. The second kappa shape index (κ2) is 4.59. The van der Waals surface area contributed by atoms with Gasteiger partial charge in [0.1, 0.15) is 4.90 Å². The Labute approximate surface area is 107 Å². The number of nitrogens with zero attached hydrogens (tertiary/aromatic N) is 1. The molecule has 1 fully saturated rings. The Morgan fingerprint density at radius 2 is 1.94 bits per heavy atom. The lowest BCUT2D eigenvalue weighted by atomic mass is 10.2. The second-order valence-corrected chi connectivity index (χ2v) is 6.90. The zero-order valence-electron chi connectivity index (χ0n) is 9.93. The largest absolute Gasteiger partial charge is 0.244 e. The van der Waals surface area contributed by atoms with Crippen molar-refractivity contribution in [2.45, 2.75) is 30.7 Å². The summed E-state index contributed by atoms with van der Waals surface area (Å²) >= 11 is 5.95. The maximum Gasteiger partial charge on any atom is 0.244 e. The van der Waals surface area contributed by atoms with Crippen LogP contribution in [0.15, 0.2) is 29.2 Å². The molecule has 17 heavy (non-hydrogen) atoms. The summed E-state index contributed by atoms with van der Waals surface area (Å²) in [7, 11) is -1.85. The molecule has 0 N–H and O–H groups in total. The summed E-state index contributed by atoms with van der Waals surface area (Å²) in [5.41, 5.74) is 0. The number of halogens is 1. The van der Waals surface area contributed by atoms with Gasteiger partial charge in [-0.25, -0.2) is 8.42 Å². The maximum atomic E-state index is 12.4. The molecule has 1 aliphatic rings. The van der Waals surface area contributed by atoms with Gasteiger partial charge >= 0.3 is 0 Å². The Morgan fingerprint density at radius 1 is 1.35 bits per heavy atom.